The number of likely N-dealkylation sites (tertiary alicyclic amines) is 1. The van der Waals surface area contributed by atoms with Crippen LogP contribution in [0.25, 0.3) is 16.0 Å². The molecule has 7 nitrogen and oxygen atoms in total. The minimum Gasteiger partial charge on any atom is -0.492 e. The van der Waals surface area contributed by atoms with Crippen LogP contribution >= 0.6 is 11.3 Å². The minimum absolute atomic E-state index is 0.0398. The van der Waals surface area contributed by atoms with E-state index in [9.17, 15) is 18.0 Å². The van der Waals surface area contributed by atoms with Gasteiger partial charge in [0.15, 0.2) is 0 Å². The lowest BCUT2D eigenvalue weighted by Gasteiger charge is -2.15. The van der Waals surface area contributed by atoms with Gasteiger partial charge in [-0.05, 0) is 44.1 Å². The first-order valence-corrected chi connectivity index (χ1v) is 12.7. The highest BCUT2D eigenvalue weighted by molar-refractivity contribution is 7.16. The summed E-state index contributed by atoms with van der Waals surface area (Å²) in [6, 6.07) is 12.3. The zero-order valence-electron chi connectivity index (χ0n) is 19.8. The number of benzene rings is 2. The molecule has 2 aromatic heterocycles. The number of aromatic nitrogens is 2. The Labute approximate surface area is 215 Å². The zero-order valence-corrected chi connectivity index (χ0v) is 20.6. The van der Waals surface area contributed by atoms with Gasteiger partial charge in [0.1, 0.15) is 40.9 Å². The predicted octanol–water partition coefficient (Wildman–Crippen LogP) is 5.26. The van der Waals surface area contributed by atoms with Gasteiger partial charge in [-0.25, -0.2) is 4.98 Å². The summed E-state index contributed by atoms with van der Waals surface area (Å²) in [7, 11) is 0. The Kier molecular flexibility index (Phi) is 7.07. The number of carbonyl (C=O) groups is 1. The van der Waals surface area contributed by atoms with Crippen LogP contribution in [0, 0.1) is 0 Å². The molecule has 194 valence electrons. The van der Waals surface area contributed by atoms with Crippen molar-refractivity contribution < 1.29 is 27.4 Å². The highest BCUT2D eigenvalue weighted by atomic mass is 32.1. The number of ether oxygens (including phenoxy) is 2. The molecule has 1 amide bonds. The minimum atomic E-state index is -4.52. The number of imidazole rings is 1. The van der Waals surface area contributed by atoms with E-state index >= 15 is 0 Å². The van der Waals surface area contributed by atoms with Gasteiger partial charge in [0, 0.05) is 24.2 Å². The lowest BCUT2D eigenvalue weighted by atomic mass is 10.1. The standard InChI is InChI=1S/C26H25F3N4O3S/c27-26(28,29)19-6-2-1-5-17(19)15-36-22-14-23(37-24(22)25(30)34)33-16-31-20-8-7-18(13-21(20)33)35-12-11-32-9-3-4-10-32/h1-2,5-8,13-14,16H,3-4,9-12,15H2,(H2,30,34). The first-order valence-electron chi connectivity index (χ1n) is 11.8. The molecule has 0 radical (unpaired) electrons. The molecular weight excluding hydrogens is 505 g/mol. The Morgan fingerprint density at radius 1 is 1.08 bits per heavy atom. The number of nitrogens with zero attached hydrogens (tertiary/aromatic N) is 3. The first-order chi connectivity index (χ1) is 17.8. The number of fused-ring (bicyclic) bond motifs is 1. The molecular formula is C26H25F3N4O3S. The Balaban J connectivity index is 1.37. The van der Waals surface area contributed by atoms with Crippen LogP contribution in [0.15, 0.2) is 54.9 Å². The largest absolute Gasteiger partial charge is 0.492 e. The number of thiophene rings is 1. The van der Waals surface area contributed by atoms with Crippen molar-refractivity contribution in [3.8, 4) is 16.5 Å². The maximum atomic E-state index is 13.4. The van der Waals surface area contributed by atoms with Crippen LogP contribution in [0.2, 0.25) is 0 Å². The number of nitrogens with two attached hydrogens (primary N) is 1. The molecule has 1 aliphatic heterocycles. The number of alkyl halides is 3. The zero-order chi connectivity index (χ0) is 26.0. The summed E-state index contributed by atoms with van der Waals surface area (Å²) in [5, 5.41) is 0.588. The molecule has 0 unspecified atom stereocenters. The van der Waals surface area contributed by atoms with Gasteiger partial charge in [0.05, 0.1) is 16.6 Å². The van der Waals surface area contributed by atoms with Gasteiger partial charge >= 0.3 is 6.18 Å². The Bertz CT molecular complexity index is 1410. The van der Waals surface area contributed by atoms with Gasteiger partial charge < -0.3 is 15.2 Å². The molecule has 11 heteroatoms. The fourth-order valence-electron chi connectivity index (χ4n) is 4.39. The van der Waals surface area contributed by atoms with Crippen LogP contribution in [0.1, 0.15) is 33.6 Å². The van der Waals surface area contributed by atoms with Crippen molar-refractivity contribution in [3.05, 3.63) is 70.9 Å². The smallest absolute Gasteiger partial charge is 0.416 e. The molecule has 3 heterocycles. The molecule has 1 aliphatic rings. The summed E-state index contributed by atoms with van der Waals surface area (Å²) in [6.07, 6.45) is -0.464. The molecule has 5 rings (SSSR count). The SMILES string of the molecule is NC(=O)c1sc(-n2cnc3ccc(OCCN4CCCC4)cc32)cc1OCc1ccccc1C(F)(F)F. The summed E-state index contributed by atoms with van der Waals surface area (Å²) in [5.74, 6) is 0.0791. The lowest BCUT2D eigenvalue weighted by Crippen LogP contribution is -2.25. The van der Waals surface area contributed by atoms with Crippen LogP contribution in [0.5, 0.6) is 11.5 Å². The molecule has 0 saturated carbocycles. The maximum Gasteiger partial charge on any atom is 0.416 e. The predicted molar refractivity (Wildman–Crippen MR) is 134 cm³/mol. The molecule has 0 spiro atoms. The van der Waals surface area contributed by atoms with Crippen molar-refractivity contribution in [1.29, 1.82) is 0 Å². The van der Waals surface area contributed by atoms with Crippen molar-refractivity contribution in [2.45, 2.75) is 25.6 Å². The summed E-state index contributed by atoms with van der Waals surface area (Å²) < 4.78 is 53.5. The van der Waals surface area contributed by atoms with Gasteiger partial charge in [-0.15, -0.1) is 11.3 Å². The fourth-order valence-corrected chi connectivity index (χ4v) is 5.33. The van der Waals surface area contributed by atoms with Crippen LogP contribution in [0.3, 0.4) is 0 Å². The summed E-state index contributed by atoms with van der Waals surface area (Å²) >= 11 is 1.08. The average Bonchev–Trinajstić information content (AvgIpc) is 3.62. The van der Waals surface area contributed by atoms with Crippen LogP contribution in [0.4, 0.5) is 13.2 Å². The van der Waals surface area contributed by atoms with E-state index in [1.54, 1.807) is 17.0 Å². The number of halogens is 3. The Morgan fingerprint density at radius 2 is 1.86 bits per heavy atom. The van der Waals surface area contributed by atoms with E-state index in [4.69, 9.17) is 15.2 Å². The van der Waals surface area contributed by atoms with Crippen LogP contribution < -0.4 is 15.2 Å². The van der Waals surface area contributed by atoms with E-state index in [-0.39, 0.29) is 22.8 Å². The fraction of sp³-hybridized carbons (Fsp3) is 0.308. The quantitative estimate of drug-likeness (QED) is 0.319. The number of carbonyl (C=O) groups excluding carboxylic acids is 1. The molecule has 0 atom stereocenters. The second kappa shape index (κ2) is 10.4. The van der Waals surface area contributed by atoms with Crippen molar-refractivity contribution >= 4 is 28.3 Å². The lowest BCUT2D eigenvalue weighted by molar-refractivity contribution is -0.138. The van der Waals surface area contributed by atoms with Crippen molar-refractivity contribution in [1.82, 2.24) is 14.5 Å². The van der Waals surface area contributed by atoms with Gasteiger partial charge in [0.25, 0.3) is 5.91 Å². The number of hydrogen-bond donors (Lipinski definition) is 1. The highest BCUT2D eigenvalue weighted by Crippen LogP contribution is 2.36. The Hall–Kier alpha value is -3.57. The van der Waals surface area contributed by atoms with Crippen LogP contribution in [-0.2, 0) is 12.8 Å². The first kappa shape index (κ1) is 25.1. The molecule has 2 aromatic carbocycles. The second-order valence-electron chi connectivity index (χ2n) is 8.75. The third-order valence-corrected chi connectivity index (χ3v) is 7.38. The monoisotopic (exact) mass is 530 g/mol. The van der Waals surface area contributed by atoms with Gasteiger partial charge in [-0.1, -0.05) is 18.2 Å². The van der Waals surface area contributed by atoms with E-state index in [0.29, 0.717) is 17.4 Å². The third kappa shape index (κ3) is 5.57. The van der Waals surface area contributed by atoms with E-state index in [1.807, 2.05) is 18.2 Å². The third-order valence-electron chi connectivity index (χ3n) is 6.25. The normalized spacial score (nSPS) is 14.4. The highest BCUT2D eigenvalue weighted by Gasteiger charge is 2.33. The van der Waals surface area contributed by atoms with E-state index in [0.717, 1.165) is 48.1 Å². The topological polar surface area (TPSA) is 82.6 Å². The van der Waals surface area contributed by atoms with Crippen molar-refractivity contribution in [2.24, 2.45) is 5.73 Å². The number of rotatable bonds is 9. The summed E-state index contributed by atoms with van der Waals surface area (Å²) in [5.41, 5.74) is 6.21. The molecule has 0 aliphatic carbocycles. The number of amides is 1. The molecule has 4 aromatic rings. The molecule has 2 N–H and O–H groups in total. The maximum absolute atomic E-state index is 13.4. The van der Waals surface area contributed by atoms with Crippen molar-refractivity contribution in [2.75, 3.05) is 26.2 Å². The van der Waals surface area contributed by atoms with Gasteiger partial charge in [0.2, 0.25) is 0 Å². The summed E-state index contributed by atoms with van der Waals surface area (Å²) in [6.45, 7) is 3.26. The van der Waals surface area contributed by atoms with Crippen molar-refractivity contribution in [3.63, 3.8) is 0 Å². The Morgan fingerprint density at radius 3 is 2.62 bits per heavy atom. The second-order valence-corrected chi connectivity index (χ2v) is 9.78. The molecule has 1 saturated heterocycles. The number of hydrogen-bond acceptors (Lipinski definition) is 6. The van der Waals surface area contributed by atoms with E-state index < -0.39 is 17.6 Å². The molecule has 1 fully saturated rings. The average molecular weight is 531 g/mol. The van der Waals surface area contributed by atoms with Gasteiger partial charge in [-0.2, -0.15) is 13.2 Å². The molecule has 37 heavy (non-hydrogen) atoms. The number of primary amides is 1. The van der Waals surface area contributed by atoms with E-state index in [1.165, 1.54) is 31.0 Å². The summed E-state index contributed by atoms with van der Waals surface area (Å²) in [4.78, 5) is 19.0. The van der Waals surface area contributed by atoms with E-state index in [2.05, 4.69) is 9.88 Å². The van der Waals surface area contributed by atoms with Crippen LogP contribution in [-0.4, -0.2) is 46.6 Å². The molecule has 0 bridgehead atoms. The van der Waals surface area contributed by atoms with Gasteiger partial charge in [-0.3, -0.25) is 14.3 Å².